The van der Waals surface area contributed by atoms with Crippen LogP contribution in [0.1, 0.15) is 6.92 Å². The van der Waals surface area contributed by atoms with Gasteiger partial charge in [0.05, 0.1) is 0 Å². The monoisotopic (exact) mass is 170 g/mol. The van der Waals surface area contributed by atoms with E-state index >= 15 is 0 Å². The fraction of sp³-hybridized carbons (Fsp3) is 0.500. The third kappa shape index (κ3) is 5.87. The molecule has 0 N–H and O–H groups in total. The van der Waals surface area contributed by atoms with Crippen molar-refractivity contribution in [3.8, 4) is 0 Å². The molecule has 0 aromatic heterocycles. The van der Waals surface area contributed by atoms with Crippen molar-refractivity contribution in [3.63, 3.8) is 0 Å². The van der Waals surface area contributed by atoms with Gasteiger partial charge in [-0.3, -0.25) is 4.89 Å². The lowest BCUT2D eigenvalue weighted by Gasteiger charge is -1.89. The highest BCUT2D eigenvalue weighted by Crippen LogP contribution is 1.86. The van der Waals surface area contributed by atoms with Gasteiger partial charge in [0.2, 0.25) is 0 Å². The summed E-state index contributed by atoms with van der Waals surface area (Å²) in [5, 5.41) is 3.66. The van der Waals surface area contributed by atoms with Crippen LogP contribution in [0, 0.1) is 0 Å². The van der Waals surface area contributed by atoms with Gasteiger partial charge in [0.15, 0.2) is 0 Å². The summed E-state index contributed by atoms with van der Waals surface area (Å²) < 4.78 is 3.72. The van der Waals surface area contributed by atoms with E-state index in [0.29, 0.717) is 0 Å². The normalized spacial score (nSPS) is 8.29. The second-order valence-corrected chi connectivity index (χ2v) is 0.970. The Hall–Kier alpha value is -0.130. The smallest absolute Gasteiger partial charge is 0.268 e. The van der Waals surface area contributed by atoms with Crippen LogP contribution in [0.25, 0.3) is 0 Å². The summed E-state index contributed by atoms with van der Waals surface area (Å²) in [6.07, 6.45) is 0. The van der Waals surface area contributed by atoms with Gasteiger partial charge in [-0.15, -0.1) is 3.98 Å². The molecular weight excluding hydrogens is 168 g/mol. The van der Waals surface area contributed by atoms with E-state index in [9.17, 15) is 4.79 Å². The van der Waals surface area contributed by atoms with E-state index in [1.165, 1.54) is 6.92 Å². The van der Waals surface area contributed by atoms with Crippen LogP contribution >= 0.6 is 16.3 Å². The van der Waals surface area contributed by atoms with Gasteiger partial charge >= 0.3 is 5.97 Å². The Morgan fingerprint density at radius 3 is 2.43 bits per heavy atom. The Labute approximate surface area is 48.7 Å². The Kier molecular flexibility index (Phi) is 3.97. The molecule has 5 heteroatoms. The highest BCUT2D eigenvalue weighted by molar-refractivity contribution is 9.05. The average molecular weight is 171 g/mol. The maximum atomic E-state index is 9.75. The Morgan fingerprint density at radius 1 is 1.71 bits per heavy atom. The van der Waals surface area contributed by atoms with E-state index in [1.807, 2.05) is 0 Å². The highest BCUT2D eigenvalue weighted by atomic mass is 79.9. The molecule has 0 aliphatic heterocycles. The summed E-state index contributed by atoms with van der Waals surface area (Å²) in [5.74, 6) is -0.570. The molecule has 0 aliphatic rings. The number of halogens is 1. The van der Waals surface area contributed by atoms with Crippen molar-refractivity contribution in [1.29, 1.82) is 0 Å². The number of carbonyl (C=O) groups excluding carboxylic acids is 1. The van der Waals surface area contributed by atoms with E-state index in [1.54, 1.807) is 0 Å². The molecule has 0 heterocycles. The van der Waals surface area contributed by atoms with Gasteiger partial charge in [-0.2, -0.15) is 0 Å². The summed E-state index contributed by atoms with van der Waals surface area (Å²) >= 11 is 2.38. The van der Waals surface area contributed by atoms with Crippen molar-refractivity contribution in [2.24, 2.45) is 0 Å². The van der Waals surface area contributed by atoms with Crippen molar-refractivity contribution in [2.75, 3.05) is 0 Å². The van der Waals surface area contributed by atoms with E-state index < -0.39 is 5.97 Å². The van der Waals surface area contributed by atoms with E-state index in [0.717, 1.165) is 0 Å². The molecule has 0 atom stereocenters. The molecule has 0 fully saturated rings. The third-order valence-electron chi connectivity index (χ3n) is 0.177. The Morgan fingerprint density at radius 2 is 2.29 bits per heavy atom. The summed E-state index contributed by atoms with van der Waals surface area (Å²) in [6.45, 7) is 1.19. The zero-order valence-electron chi connectivity index (χ0n) is 3.51. The minimum atomic E-state index is -0.570. The van der Waals surface area contributed by atoms with Crippen LogP contribution in [0.15, 0.2) is 0 Å². The number of hydrogen-bond donors (Lipinski definition) is 0. The van der Waals surface area contributed by atoms with Crippen molar-refractivity contribution in [1.82, 2.24) is 0 Å². The minimum Gasteiger partial charge on any atom is -0.268 e. The summed E-state index contributed by atoms with van der Waals surface area (Å²) in [6, 6.07) is 0. The fourth-order valence-corrected chi connectivity index (χ4v) is 0.115. The lowest BCUT2D eigenvalue weighted by Crippen LogP contribution is -1.96. The van der Waals surface area contributed by atoms with Crippen molar-refractivity contribution in [3.05, 3.63) is 0 Å². The van der Waals surface area contributed by atoms with E-state index in [-0.39, 0.29) is 0 Å². The molecule has 4 nitrogen and oxygen atoms in total. The SMILES string of the molecule is CC(=O)OOOBr. The summed E-state index contributed by atoms with van der Waals surface area (Å²) in [5.41, 5.74) is 0. The van der Waals surface area contributed by atoms with Crippen LogP contribution < -0.4 is 0 Å². The molecule has 0 bridgehead atoms. The van der Waals surface area contributed by atoms with Crippen molar-refractivity contribution >= 4 is 22.2 Å². The minimum absolute atomic E-state index is 0.570. The quantitative estimate of drug-likeness (QED) is 0.453. The molecule has 0 rings (SSSR count). The zero-order chi connectivity index (χ0) is 5.70. The van der Waals surface area contributed by atoms with Crippen LogP contribution in [0.3, 0.4) is 0 Å². The van der Waals surface area contributed by atoms with Gasteiger partial charge in [0, 0.05) is 12.0 Å². The highest BCUT2D eigenvalue weighted by Gasteiger charge is 1.89. The summed E-state index contributed by atoms with van der Waals surface area (Å²) in [4.78, 5) is 13.5. The topological polar surface area (TPSA) is 44.8 Å². The van der Waals surface area contributed by atoms with Gasteiger partial charge in [-0.25, -0.2) is 4.79 Å². The summed E-state index contributed by atoms with van der Waals surface area (Å²) in [7, 11) is 0. The van der Waals surface area contributed by atoms with Crippen LogP contribution in [0.5, 0.6) is 0 Å². The van der Waals surface area contributed by atoms with Gasteiger partial charge in [0.25, 0.3) is 0 Å². The van der Waals surface area contributed by atoms with E-state index in [4.69, 9.17) is 0 Å². The number of carbonyl (C=O) groups is 1. The molecule has 0 spiro atoms. The number of hydrogen-bond acceptors (Lipinski definition) is 4. The second-order valence-electron chi connectivity index (χ2n) is 0.706. The van der Waals surface area contributed by atoms with Crippen molar-refractivity contribution < 1.29 is 18.7 Å². The lowest BCUT2D eigenvalue weighted by atomic mass is 10.9. The predicted octanol–water partition coefficient (Wildman–Crippen LogP) is 0.723. The molecule has 42 valence electrons. The largest absolute Gasteiger partial charge is 0.342 e. The van der Waals surface area contributed by atoms with Gasteiger partial charge in [-0.05, 0) is 0 Å². The van der Waals surface area contributed by atoms with Crippen LogP contribution in [-0.4, -0.2) is 5.97 Å². The molecule has 0 amide bonds. The van der Waals surface area contributed by atoms with Crippen LogP contribution in [0.2, 0.25) is 0 Å². The average Bonchev–Trinajstić information content (AvgIpc) is 1.61. The first kappa shape index (κ1) is 6.87. The first-order chi connectivity index (χ1) is 3.27. The third-order valence-corrected chi connectivity index (χ3v) is 0.285. The van der Waals surface area contributed by atoms with Gasteiger partial charge < -0.3 is 0 Å². The van der Waals surface area contributed by atoms with Gasteiger partial charge in [-0.1, -0.05) is 0 Å². The molecule has 0 aromatic carbocycles. The van der Waals surface area contributed by atoms with Crippen LogP contribution in [-0.2, 0) is 18.7 Å². The molecule has 0 saturated carbocycles. The van der Waals surface area contributed by atoms with Gasteiger partial charge in [0.1, 0.15) is 16.3 Å². The predicted molar refractivity (Wildman–Crippen MR) is 22.9 cm³/mol. The Balaban J connectivity index is 2.82. The molecular formula is C2H3BrO4. The Bertz CT molecular complexity index is 62.7. The molecule has 0 aliphatic carbocycles. The standard InChI is InChI=1S/C2H3BrO4/c1-2(4)5-7-6-3/h1H3. The maximum Gasteiger partial charge on any atom is 0.342 e. The first-order valence-electron chi connectivity index (χ1n) is 1.40. The van der Waals surface area contributed by atoms with E-state index in [2.05, 4.69) is 30.2 Å². The zero-order valence-corrected chi connectivity index (χ0v) is 5.10. The van der Waals surface area contributed by atoms with Crippen molar-refractivity contribution in [2.45, 2.75) is 6.92 Å². The lowest BCUT2D eigenvalue weighted by molar-refractivity contribution is -0.424. The molecule has 0 saturated heterocycles. The maximum absolute atomic E-state index is 9.75. The van der Waals surface area contributed by atoms with Crippen LogP contribution in [0.4, 0.5) is 0 Å². The molecule has 7 heavy (non-hydrogen) atoms. The molecule has 0 aromatic rings. The molecule has 0 radical (unpaired) electrons. The molecule has 0 unspecified atom stereocenters. The first-order valence-corrected chi connectivity index (χ1v) is 2.04. The number of rotatable bonds is 2. The fourth-order valence-electron chi connectivity index (χ4n) is 0.0608. The second kappa shape index (κ2) is 4.04.